The first-order valence-electron chi connectivity index (χ1n) is 11.8. The normalized spacial score (nSPS) is 14.9. The van der Waals surface area contributed by atoms with Crippen molar-refractivity contribution in [3.05, 3.63) is 77.9 Å². The molecule has 0 aliphatic carbocycles. The molecule has 170 valence electrons. The van der Waals surface area contributed by atoms with E-state index in [2.05, 4.69) is 30.3 Å². The smallest absolute Gasteiger partial charge is 0.232 e. The van der Waals surface area contributed by atoms with Crippen LogP contribution in [0.2, 0.25) is 0 Å². The van der Waals surface area contributed by atoms with Crippen LogP contribution in [0.1, 0.15) is 30.4 Å². The van der Waals surface area contributed by atoms with E-state index >= 15 is 0 Å². The highest BCUT2D eigenvalue weighted by Crippen LogP contribution is 2.43. The molecule has 0 N–H and O–H groups in total. The fourth-order valence-corrected chi connectivity index (χ4v) is 5.68. The minimum atomic E-state index is 0.181. The standard InChI is InChI=1S/C28H25N3O2S/c32-25(31-15-7-2-8-16-31)18-34-28-23-17-22-21-12-6-5-9-19(21)13-14-24(22)33-27(23)29-26(30-28)20-10-3-1-4-11-20/h1,3-6,9-14H,2,7-8,15-18H2. The molecule has 3 heterocycles. The first kappa shape index (κ1) is 21.2. The number of ether oxygens (including phenoxy) is 1. The van der Waals surface area contributed by atoms with Crippen LogP contribution in [-0.2, 0) is 11.2 Å². The van der Waals surface area contributed by atoms with Crippen molar-refractivity contribution < 1.29 is 9.53 Å². The van der Waals surface area contributed by atoms with Crippen LogP contribution in [0.25, 0.3) is 22.2 Å². The molecule has 1 fully saturated rings. The largest absolute Gasteiger partial charge is 0.438 e. The minimum Gasteiger partial charge on any atom is -0.438 e. The zero-order valence-electron chi connectivity index (χ0n) is 18.9. The number of rotatable bonds is 4. The van der Waals surface area contributed by atoms with E-state index in [0.717, 1.165) is 53.4 Å². The van der Waals surface area contributed by atoms with Gasteiger partial charge in [-0.1, -0.05) is 72.4 Å². The van der Waals surface area contributed by atoms with Crippen LogP contribution >= 0.6 is 11.8 Å². The lowest BCUT2D eigenvalue weighted by atomic mass is 9.97. The fourth-order valence-electron chi connectivity index (χ4n) is 4.75. The second-order valence-corrected chi connectivity index (χ2v) is 9.74. The van der Waals surface area contributed by atoms with Crippen molar-refractivity contribution in [1.29, 1.82) is 0 Å². The second-order valence-electron chi connectivity index (χ2n) is 8.77. The van der Waals surface area contributed by atoms with Crippen LogP contribution in [0.4, 0.5) is 0 Å². The summed E-state index contributed by atoms with van der Waals surface area (Å²) in [5.41, 5.74) is 3.04. The zero-order valence-corrected chi connectivity index (χ0v) is 19.7. The number of thioether (sulfide) groups is 1. The van der Waals surface area contributed by atoms with E-state index in [1.807, 2.05) is 41.3 Å². The highest BCUT2D eigenvalue weighted by molar-refractivity contribution is 7.99. The maximum atomic E-state index is 12.9. The molecule has 6 heteroatoms. The Balaban J connectivity index is 1.38. The molecule has 4 aromatic rings. The Morgan fingerprint density at radius 3 is 2.53 bits per heavy atom. The molecule has 1 aromatic heterocycles. The van der Waals surface area contributed by atoms with Crippen LogP contribution in [0, 0.1) is 0 Å². The third kappa shape index (κ3) is 4.03. The maximum Gasteiger partial charge on any atom is 0.232 e. The summed E-state index contributed by atoms with van der Waals surface area (Å²) in [4.78, 5) is 24.6. The van der Waals surface area contributed by atoms with E-state index in [1.54, 1.807) is 0 Å². The van der Waals surface area contributed by atoms with Gasteiger partial charge in [-0.15, -0.1) is 0 Å². The molecule has 2 aliphatic heterocycles. The molecule has 0 spiro atoms. The molecule has 0 atom stereocenters. The number of benzene rings is 3. The summed E-state index contributed by atoms with van der Waals surface area (Å²) in [5, 5.41) is 3.19. The molecular formula is C28H25N3O2S. The molecule has 1 saturated heterocycles. The molecule has 0 unspecified atom stereocenters. The Labute approximate surface area is 203 Å². The topological polar surface area (TPSA) is 55.3 Å². The van der Waals surface area contributed by atoms with E-state index in [-0.39, 0.29) is 5.91 Å². The Morgan fingerprint density at radius 2 is 1.68 bits per heavy atom. The number of nitrogens with zero attached hydrogens (tertiary/aromatic N) is 3. The van der Waals surface area contributed by atoms with Crippen molar-refractivity contribution in [2.24, 2.45) is 0 Å². The second kappa shape index (κ2) is 9.11. The summed E-state index contributed by atoms with van der Waals surface area (Å²) in [7, 11) is 0. The van der Waals surface area contributed by atoms with Crippen molar-refractivity contribution in [2.75, 3.05) is 18.8 Å². The van der Waals surface area contributed by atoms with Crippen LogP contribution < -0.4 is 4.74 Å². The highest BCUT2D eigenvalue weighted by Gasteiger charge is 2.26. The van der Waals surface area contributed by atoms with Gasteiger partial charge < -0.3 is 9.64 Å². The number of amides is 1. The summed E-state index contributed by atoms with van der Waals surface area (Å²) in [5.74, 6) is 2.60. The number of carbonyl (C=O) groups is 1. The van der Waals surface area contributed by atoms with Crippen molar-refractivity contribution in [3.63, 3.8) is 0 Å². The van der Waals surface area contributed by atoms with Gasteiger partial charge in [0.2, 0.25) is 11.8 Å². The maximum absolute atomic E-state index is 12.9. The van der Waals surface area contributed by atoms with Gasteiger partial charge in [0, 0.05) is 30.6 Å². The summed E-state index contributed by atoms with van der Waals surface area (Å²) in [6.07, 6.45) is 4.08. The fraction of sp³-hybridized carbons (Fsp3) is 0.250. The predicted molar refractivity (Wildman–Crippen MR) is 135 cm³/mol. The lowest BCUT2D eigenvalue weighted by Gasteiger charge is -2.27. The van der Waals surface area contributed by atoms with E-state index in [1.165, 1.54) is 29.0 Å². The van der Waals surface area contributed by atoms with Crippen LogP contribution in [0.5, 0.6) is 11.6 Å². The molecule has 0 saturated carbocycles. The first-order chi connectivity index (χ1) is 16.8. The van der Waals surface area contributed by atoms with Crippen LogP contribution in [0.3, 0.4) is 0 Å². The average Bonchev–Trinajstić information content (AvgIpc) is 2.91. The van der Waals surface area contributed by atoms with Gasteiger partial charge in [-0.2, -0.15) is 4.98 Å². The van der Waals surface area contributed by atoms with Gasteiger partial charge in [0.05, 0.1) is 11.3 Å². The first-order valence-corrected chi connectivity index (χ1v) is 12.8. The molecule has 2 aliphatic rings. The Morgan fingerprint density at radius 1 is 0.882 bits per heavy atom. The van der Waals surface area contributed by atoms with Gasteiger partial charge in [-0.3, -0.25) is 4.79 Å². The third-order valence-electron chi connectivity index (χ3n) is 6.56. The lowest BCUT2D eigenvalue weighted by Crippen LogP contribution is -2.36. The Bertz CT molecular complexity index is 1370. The lowest BCUT2D eigenvalue weighted by molar-refractivity contribution is -0.129. The van der Waals surface area contributed by atoms with Gasteiger partial charge >= 0.3 is 0 Å². The van der Waals surface area contributed by atoms with Crippen LogP contribution in [0.15, 0.2) is 71.8 Å². The number of hydrogen-bond donors (Lipinski definition) is 0. The quantitative estimate of drug-likeness (QED) is 0.236. The number of aromatic nitrogens is 2. The van der Waals surface area contributed by atoms with E-state index in [9.17, 15) is 4.79 Å². The van der Waals surface area contributed by atoms with Gasteiger partial charge in [0.1, 0.15) is 10.8 Å². The summed E-state index contributed by atoms with van der Waals surface area (Å²) in [6, 6.07) is 22.4. The van der Waals surface area contributed by atoms with Crippen molar-refractivity contribution in [3.8, 4) is 23.0 Å². The van der Waals surface area contributed by atoms with Crippen LogP contribution in [-0.4, -0.2) is 39.6 Å². The van der Waals surface area contributed by atoms with Gasteiger partial charge in [0.25, 0.3) is 0 Å². The van der Waals surface area contributed by atoms with E-state index < -0.39 is 0 Å². The number of carbonyl (C=O) groups excluding carboxylic acids is 1. The Kier molecular flexibility index (Phi) is 5.67. The number of piperidine rings is 1. The van der Waals surface area contributed by atoms with Gasteiger partial charge in [-0.05, 0) is 36.1 Å². The molecule has 3 aromatic carbocycles. The predicted octanol–water partition coefficient (Wildman–Crippen LogP) is 6.10. The minimum absolute atomic E-state index is 0.181. The van der Waals surface area contributed by atoms with Gasteiger partial charge in [-0.25, -0.2) is 4.98 Å². The number of likely N-dealkylation sites (tertiary alicyclic amines) is 1. The van der Waals surface area contributed by atoms with Crippen molar-refractivity contribution in [1.82, 2.24) is 14.9 Å². The average molecular weight is 468 g/mol. The molecule has 34 heavy (non-hydrogen) atoms. The molecule has 0 bridgehead atoms. The summed E-state index contributed by atoms with van der Waals surface area (Å²) in [6.45, 7) is 1.72. The molecule has 5 nitrogen and oxygen atoms in total. The summed E-state index contributed by atoms with van der Waals surface area (Å²) < 4.78 is 6.35. The monoisotopic (exact) mass is 467 g/mol. The zero-order chi connectivity index (χ0) is 22.9. The SMILES string of the molecule is O=C(CSc1nc(-c2ccccc2)nc2c1Cc1c(ccc3ccccc13)O2)N1CCCCC1. The number of fused-ring (bicyclic) bond motifs is 4. The molecule has 1 amide bonds. The molecule has 0 radical (unpaired) electrons. The van der Waals surface area contributed by atoms with Crippen molar-refractivity contribution in [2.45, 2.75) is 30.7 Å². The number of hydrogen-bond acceptors (Lipinski definition) is 5. The van der Waals surface area contributed by atoms with E-state index in [0.29, 0.717) is 23.9 Å². The molecular weight excluding hydrogens is 442 g/mol. The Hall–Kier alpha value is -3.38. The highest BCUT2D eigenvalue weighted by atomic mass is 32.2. The summed E-state index contributed by atoms with van der Waals surface area (Å²) >= 11 is 1.50. The van der Waals surface area contributed by atoms with Crippen molar-refractivity contribution >= 4 is 28.4 Å². The van der Waals surface area contributed by atoms with E-state index in [4.69, 9.17) is 14.7 Å². The third-order valence-corrected chi connectivity index (χ3v) is 7.56. The molecule has 6 rings (SSSR count). The van der Waals surface area contributed by atoms with Gasteiger partial charge in [0.15, 0.2) is 5.82 Å².